The number of carbonyl (C=O) groups is 2. The van der Waals surface area contributed by atoms with Crippen molar-refractivity contribution in [2.24, 2.45) is 0 Å². The van der Waals surface area contributed by atoms with E-state index in [1.807, 2.05) is 0 Å². The highest BCUT2D eigenvalue weighted by atomic mass is 19.4. The van der Waals surface area contributed by atoms with Gasteiger partial charge >= 0.3 is 18.1 Å². The number of esters is 2. The highest BCUT2D eigenvalue weighted by Crippen LogP contribution is 2.25. The molecule has 1 aliphatic rings. The second-order valence-corrected chi connectivity index (χ2v) is 5.21. The van der Waals surface area contributed by atoms with Crippen LogP contribution in [0.25, 0.3) is 6.08 Å². The van der Waals surface area contributed by atoms with Gasteiger partial charge in [-0.3, -0.25) is 0 Å². The van der Waals surface area contributed by atoms with Crippen molar-refractivity contribution in [3.05, 3.63) is 35.4 Å². The van der Waals surface area contributed by atoms with Crippen molar-refractivity contribution in [1.82, 2.24) is 0 Å². The minimum absolute atomic E-state index is 0.0467. The van der Waals surface area contributed by atoms with Gasteiger partial charge in [0.25, 0.3) is 5.79 Å². The molecule has 0 saturated carbocycles. The summed E-state index contributed by atoms with van der Waals surface area (Å²) in [6, 6.07) is 5.52. The van der Waals surface area contributed by atoms with E-state index in [9.17, 15) is 22.8 Å². The highest BCUT2D eigenvalue weighted by Gasteiger charge is 2.38. The fourth-order valence-electron chi connectivity index (χ4n) is 1.80. The Kier molecular flexibility index (Phi) is 4.35. The summed E-state index contributed by atoms with van der Waals surface area (Å²) in [5.74, 6) is -3.14. The van der Waals surface area contributed by atoms with Crippen LogP contribution in [0.15, 0.2) is 29.8 Å². The predicted octanol–water partition coefficient (Wildman–Crippen LogP) is 2.85. The molecule has 0 N–H and O–H groups in total. The lowest BCUT2D eigenvalue weighted by atomic mass is 10.1. The van der Waals surface area contributed by atoms with E-state index in [0.29, 0.717) is 5.56 Å². The standard InChI is InChI=1S/C15H13F3O5/c1-14(2)22-12(19)11(13(20)23-14)7-9-4-3-5-10(6-9)21-8-15(16,17)18/h3-7H,8H2,1-2H3. The van der Waals surface area contributed by atoms with Crippen LogP contribution in [-0.2, 0) is 19.1 Å². The summed E-state index contributed by atoms with van der Waals surface area (Å²) >= 11 is 0. The molecular formula is C15H13F3O5. The maximum absolute atomic E-state index is 12.1. The molecule has 1 saturated heterocycles. The summed E-state index contributed by atoms with van der Waals surface area (Å²) in [5.41, 5.74) is -0.0504. The lowest BCUT2D eigenvalue weighted by Gasteiger charge is -2.29. The minimum Gasteiger partial charge on any atom is -0.484 e. The number of alkyl halides is 3. The van der Waals surface area contributed by atoms with E-state index in [2.05, 4.69) is 4.74 Å². The maximum Gasteiger partial charge on any atom is 0.422 e. The lowest BCUT2D eigenvalue weighted by molar-refractivity contribution is -0.222. The first-order valence-electron chi connectivity index (χ1n) is 6.54. The number of halogens is 3. The van der Waals surface area contributed by atoms with Gasteiger partial charge in [0, 0.05) is 13.8 Å². The Morgan fingerprint density at radius 2 is 1.78 bits per heavy atom. The molecule has 0 unspecified atom stereocenters. The molecule has 5 nitrogen and oxygen atoms in total. The Morgan fingerprint density at radius 1 is 1.17 bits per heavy atom. The average Bonchev–Trinajstić information content (AvgIpc) is 2.39. The Balaban J connectivity index is 2.19. The van der Waals surface area contributed by atoms with Crippen molar-refractivity contribution in [2.45, 2.75) is 25.8 Å². The molecule has 1 aromatic carbocycles. The van der Waals surface area contributed by atoms with Crippen molar-refractivity contribution < 1.29 is 37.0 Å². The minimum atomic E-state index is -4.46. The van der Waals surface area contributed by atoms with Crippen molar-refractivity contribution in [2.75, 3.05) is 6.61 Å². The Hall–Kier alpha value is -2.51. The molecular weight excluding hydrogens is 317 g/mol. The lowest BCUT2D eigenvalue weighted by Crippen LogP contribution is -2.41. The van der Waals surface area contributed by atoms with Crippen LogP contribution in [0.5, 0.6) is 5.75 Å². The summed E-state index contributed by atoms with van der Waals surface area (Å²) in [6.45, 7) is 1.38. The number of benzene rings is 1. The molecule has 0 atom stereocenters. The predicted molar refractivity (Wildman–Crippen MR) is 72.2 cm³/mol. The van der Waals surface area contributed by atoms with Gasteiger partial charge in [-0.25, -0.2) is 9.59 Å². The van der Waals surface area contributed by atoms with Crippen molar-refractivity contribution >= 4 is 18.0 Å². The van der Waals surface area contributed by atoms with E-state index in [0.717, 1.165) is 0 Å². The maximum atomic E-state index is 12.1. The monoisotopic (exact) mass is 330 g/mol. The summed E-state index contributed by atoms with van der Waals surface area (Å²) in [5, 5.41) is 0. The Bertz CT molecular complexity index is 639. The van der Waals surface area contributed by atoms with Crippen LogP contribution in [0.1, 0.15) is 19.4 Å². The molecule has 1 heterocycles. The highest BCUT2D eigenvalue weighted by molar-refractivity contribution is 6.18. The molecule has 2 rings (SSSR count). The third-order valence-electron chi connectivity index (χ3n) is 2.69. The first kappa shape index (κ1) is 16.9. The molecule has 0 spiro atoms. The van der Waals surface area contributed by atoms with Gasteiger partial charge in [-0.05, 0) is 23.8 Å². The molecule has 23 heavy (non-hydrogen) atoms. The van der Waals surface area contributed by atoms with Gasteiger partial charge < -0.3 is 14.2 Å². The zero-order chi connectivity index (χ0) is 17.3. The van der Waals surface area contributed by atoms with Crippen LogP contribution in [0, 0.1) is 0 Å². The van der Waals surface area contributed by atoms with Crippen LogP contribution in [0.4, 0.5) is 13.2 Å². The normalized spacial score (nSPS) is 17.3. The van der Waals surface area contributed by atoms with E-state index in [1.165, 1.54) is 44.2 Å². The summed E-state index contributed by atoms with van der Waals surface area (Å²) < 4.78 is 50.8. The number of cyclic esters (lactones) is 2. The second-order valence-electron chi connectivity index (χ2n) is 5.21. The van der Waals surface area contributed by atoms with Gasteiger partial charge in [-0.15, -0.1) is 0 Å². The van der Waals surface area contributed by atoms with Gasteiger partial charge in [0.05, 0.1) is 0 Å². The number of rotatable bonds is 3. The zero-order valence-electron chi connectivity index (χ0n) is 12.3. The van der Waals surface area contributed by atoms with Gasteiger partial charge in [-0.1, -0.05) is 12.1 Å². The summed E-state index contributed by atoms with van der Waals surface area (Å²) in [4.78, 5) is 23.6. The van der Waals surface area contributed by atoms with E-state index in [-0.39, 0.29) is 11.3 Å². The third kappa shape index (κ3) is 4.73. The van der Waals surface area contributed by atoms with Crippen molar-refractivity contribution in [3.8, 4) is 5.75 Å². The first-order valence-corrected chi connectivity index (χ1v) is 6.54. The molecule has 0 radical (unpaired) electrons. The van der Waals surface area contributed by atoms with E-state index in [1.54, 1.807) is 0 Å². The smallest absolute Gasteiger partial charge is 0.422 e. The second kappa shape index (κ2) is 5.94. The van der Waals surface area contributed by atoms with Gasteiger partial charge in [0.2, 0.25) is 0 Å². The quantitative estimate of drug-likeness (QED) is 0.484. The first-order chi connectivity index (χ1) is 10.6. The molecule has 1 fully saturated rings. The van der Waals surface area contributed by atoms with Crippen LogP contribution >= 0.6 is 0 Å². The summed E-state index contributed by atoms with van der Waals surface area (Å²) in [6.07, 6.45) is -3.29. The van der Waals surface area contributed by atoms with E-state index >= 15 is 0 Å². The van der Waals surface area contributed by atoms with Gasteiger partial charge in [-0.2, -0.15) is 13.2 Å². The largest absolute Gasteiger partial charge is 0.484 e. The third-order valence-corrected chi connectivity index (χ3v) is 2.69. The number of hydrogen-bond donors (Lipinski definition) is 0. The molecule has 0 aliphatic carbocycles. The van der Waals surface area contributed by atoms with Gasteiger partial charge in [0.15, 0.2) is 6.61 Å². The number of hydrogen-bond acceptors (Lipinski definition) is 5. The summed E-state index contributed by atoms with van der Waals surface area (Å²) in [7, 11) is 0. The number of carbonyl (C=O) groups excluding carboxylic acids is 2. The van der Waals surface area contributed by atoms with Crippen molar-refractivity contribution in [3.63, 3.8) is 0 Å². The van der Waals surface area contributed by atoms with Crippen LogP contribution in [-0.4, -0.2) is 30.5 Å². The topological polar surface area (TPSA) is 61.8 Å². The molecule has 1 aromatic rings. The van der Waals surface area contributed by atoms with E-state index < -0.39 is 30.5 Å². The van der Waals surface area contributed by atoms with Gasteiger partial charge in [0.1, 0.15) is 11.3 Å². The SMILES string of the molecule is CC1(C)OC(=O)C(=Cc2cccc(OCC(F)(F)F)c2)C(=O)O1. The molecule has 124 valence electrons. The molecule has 8 heteroatoms. The fourth-order valence-corrected chi connectivity index (χ4v) is 1.80. The average molecular weight is 330 g/mol. The zero-order valence-corrected chi connectivity index (χ0v) is 12.3. The molecule has 0 aromatic heterocycles. The van der Waals surface area contributed by atoms with Crippen LogP contribution in [0.2, 0.25) is 0 Å². The molecule has 0 amide bonds. The Labute approximate surface area is 129 Å². The van der Waals surface area contributed by atoms with E-state index in [4.69, 9.17) is 9.47 Å². The molecule has 1 aliphatic heterocycles. The van der Waals surface area contributed by atoms with Crippen LogP contribution in [0.3, 0.4) is 0 Å². The fraction of sp³-hybridized carbons (Fsp3) is 0.333. The molecule has 0 bridgehead atoms. The van der Waals surface area contributed by atoms with Crippen LogP contribution < -0.4 is 4.74 Å². The van der Waals surface area contributed by atoms with Crippen molar-refractivity contribution in [1.29, 1.82) is 0 Å². The number of ether oxygens (including phenoxy) is 3. The Morgan fingerprint density at radius 3 is 2.35 bits per heavy atom.